The van der Waals surface area contributed by atoms with E-state index in [1.54, 1.807) is 0 Å². The number of carbonyl (C=O) groups is 1. The maximum absolute atomic E-state index is 11.8. The Morgan fingerprint density at radius 1 is 1.47 bits per heavy atom. The second-order valence-corrected chi connectivity index (χ2v) is 7.27. The molecular weight excluding hydrogens is 306 g/mol. The predicted octanol–water partition coefficient (Wildman–Crippen LogP) is 4.14. The third-order valence-electron chi connectivity index (χ3n) is 4.03. The molecule has 19 heavy (non-hydrogen) atoms. The Morgan fingerprint density at radius 2 is 2.16 bits per heavy atom. The van der Waals surface area contributed by atoms with Crippen molar-refractivity contribution in [2.75, 3.05) is 5.32 Å². The number of anilines is 1. The van der Waals surface area contributed by atoms with Gasteiger partial charge in [-0.2, -0.15) is 0 Å². The third kappa shape index (κ3) is 2.78. The van der Waals surface area contributed by atoms with Gasteiger partial charge in [0.25, 0.3) is 0 Å². The minimum absolute atomic E-state index is 0.0524. The summed E-state index contributed by atoms with van der Waals surface area (Å²) in [6.45, 7) is 6.29. The molecule has 4 heteroatoms. The van der Waals surface area contributed by atoms with Gasteiger partial charge in [-0.15, -0.1) is 0 Å². The van der Waals surface area contributed by atoms with E-state index in [4.69, 9.17) is 0 Å². The van der Waals surface area contributed by atoms with E-state index in [0.29, 0.717) is 6.42 Å². The van der Waals surface area contributed by atoms with Crippen molar-refractivity contribution in [2.24, 2.45) is 11.3 Å². The summed E-state index contributed by atoms with van der Waals surface area (Å²) in [5.74, 6) is -0.662. The van der Waals surface area contributed by atoms with E-state index < -0.39 is 11.5 Å². The van der Waals surface area contributed by atoms with Gasteiger partial charge in [-0.25, -0.2) is 4.79 Å². The van der Waals surface area contributed by atoms with Crippen molar-refractivity contribution >= 4 is 27.6 Å². The number of hydrogen-bond acceptors (Lipinski definition) is 2. The first kappa shape index (κ1) is 14.4. The van der Waals surface area contributed by atoms with Gasteiger partial charge in [0.1, 0.15) is 5.54 Å². The van der Waals surface area contributed by atoms with Gasteiger partial charge in [0.15, 0.2) is 0 Å². The van der Waals surface area contributed by atoms with Crippen LogP contribution in [0.25, 0.3) is 0 Å². The van der Waals surface area contributed by atoms with Gasteiger partial charge in [-0.1, -0.05) is 42.8 Å². The van der Waals surface area contributed by atoms with Crippen molar-refractivity contribution in [3.8, 4) is 0 Å². The normalized spacial score (nSPS) is 29.2. The molecule has 3 nitrogen and oxygen atoms in total. The van der Waals surface area contributed by atoms with Crippen LogP contribution in [0.5, 0.6) is 0 Å². The molecule has 2 atom stereocenters. The van der Waals surface area contributed by atoms with Crippen LogP contribution in [0.2, 0.25) is 0 Å². The minimum Gasteiger partial charge on any atom is -0.479 e. The summed E-state index contributed by atoms with van der Waals surface area (Å²) in [6.07, 6.45) is 1.56. The monoisotopic (exact) mass is 325 g/mol. The number of nitrogens with one attached hydrogen (secondary N) is 1. The van der Waals surface area contributed by atoms with E-state index in [2.05, 4.69) is 35.1 Å². The quantitative estimate of drug-likeness (QED) is 0.878. The highest BCUT2D eigenvalue weighted by molar-refractivity contribution is 9.10. The fourth-order valence-corrected chi connectivity index (χ4v) is 3.73. The van der Waals surface area contributed by atoms with Gasteiger partial charge in [0.05, 0.1) is 0 Å². The maximum Gasteiger partial charge on any atom is 0.329 e. The molecule has 0 bridgehead atoms. The van der Waals surface area contributed by atoms with Crippen LogP contribution >= 0.6 is 15.9 Å². The fraction of sp³-hybridized carbons (Fsp3) is 0.533. The Kier molecular flexibility index (Phi) is 3.65. The molecule has 0 saturated heterocycles. The molecule has 0 radical (unpaired) electrons. The lowest BCUT2D eigenvalue weighted by atomic mass is 9.86. The molecule has 2 unspecified atom stereocenters. The number of carboxylic acid groups (broad SMARTS) is 1. The first-order chi connectivity index (χ1) is 8.75. The molecule has 0 aliphatic heterocycles. The molecule has 1 aromatic rings. The van der Waals surface area contributed by atoms with Crippen molar-refractivity contribution in [3.05, 3.63) is 28.7 Å². The molecule has 2 rings (SSSR count). The number of aliphatic carboxylic acids is 1. The molecule has 1 fully saturated rings. The Morgan fingerprint density at radius 3 is 2.63 bits per heavy atom. The molecule has 104 valence electrons. The zero-order chi connectivity index (χ0) is 14.3. The highest BCUT2D eigenvalue weighted by atomic mass is 79.9. The summed E-state index contributed by atoms with van der Waals surface area (Å²) in [7, 11) is 0. The lowest BCUT2D eigenvalue weighted by molar-refractivity contribution is -0.143. The van der Waals surface area contributed by atoms with Crippen LogP contribution in [-0.4, -0.2) is 16.6 Å². The zero-order valence-corrected chi connectivity index (χ0v) is 13.1. The number of rotatable bonds is 3. The molecule has 1 aromatic carbocycles. The lowest BCUT2D eigenvalue weighted by Crippen LogP contribution is -2.49. The average Bonchev–Trinajstić information content (AvgIpc) is 2.49. The van der Waals surface area contributed by atoms with Crippen LogP contribution in [0.1, 0.15) is 33.6 Å². The van der Waals surface area contributed by atoms with Crippen molar-refractivity contribution in [1.82, 2.24) is 0 Å². The van der Waals surface area contributed by atoms with E-state index in [0.717, 1.165) is 16.6 Å². The smallest absolute Gasteiger partial charge is 0.329 e. The van der Waals surface area contributed by atoms with Crippen molar-refractivity contribution < 1.29 is 9.90 Å². The van der Waals surface area contributed by atoms with Gasteiger partial charge in [0.2, 0.25) is 0 Å². The summed E-state index contributed by atoms with van der Waals surface area (Å²) in [6, 6.07) is 7.67. The van der Waals surface area contributed by atoms with Crippen LogP contribution in [0.15, 0.2) is 28.7 Å². The second kappa shape index (κ2) is 4.82. The van der Waals surface area contributed by atoms with Gasteiger partial charge in [-0.05, 0) is 42.4 Å². The molecule has 1 aliphatic rings. The van der Waals surface area contributed by atoms with E-state index >= 15 is 0 Å². The molecule has 1 saturated carbocycles. The molecule has 1 aliphatic carbocycles. The third-order valence-corrected chi connectivity index (χ3v) is 4.52. The van der Waals surface area contributed by atoms with Crippen LogP contribution in [-0.2, 0) is 4.79 Å². The van der Waals surface area contributed by atoms with Crippen molar-refractivity contribution in [2.45, 2.75) is 39.2 Å². The van der Waals surface area contributed by atoms with Gasteiger partial charge in [-0.3, -0.25) is 0 Å². The molecule has 2 N–H and O–H groups in total. The fourth-order valence-electron chi connectivity index (χ4n) is 3.34. The van der Waals surface area contributed by atoms with Crippen LogP contribution in [0, 0.1) is 11.3 Å². The van der Waals surface area contributed by atoms with Crippen LogP contribution < -0.4 is 5.32 Å². The van der Waals surface area contributed by atoms with E-state index in [1.807, 2.05) is 31.2 Å². The minimum atomic E-state index is -0.871. The maximum atomic E-state index is 11.8. The average molecular weight is 326 g/mol. The Labute approximate surface area is 122 Å². The largest absolute Gasteiger partial charge is 0.479 e. The molecule has 0 amide bonds. The predicted molar refractivity (Wildman–Crippen MR) is 80.3 cm³/mol. The number of carboxylic acids is 1. The summed E-state index contributed by atoms with van der Waals surface area (Å²) < 4.78 is 0.947. The highest BCUT2D eigenvalue weighted by Gasteiger charge is 2.53. The van der Waals surface area contributed by atoms with Gasteiger partial charge in [0, 0.05) is 10.2 Å². The zero-order valence-electron chi connectivity index (χ0n) is 11.5. The Bertz CT molecular complexity index is 501. The standard InChI is InChI=1S/C15H20BrNO2/c1-10-8-14(2,3)9-15(10,13(18)19)17-12-6-4-5-11(16)7-12/h4-7,10,17H,8-9H2,1-3H3,(H,18,19). The summed E-state index contributed by atoms with van der Waals surface area (Å²) in [4.78, 5) is 11.8. The second-order valence-electron chi connectivity index (χ2n) is 6.36. The summed E-state index contributed by atoms with van der Waals surface area (Å²) in [5.41, 5.74) is 0.0301. The Balaban J connectivity index is 2.34. The molecule has 0 spiro atoms. The van der Waals surface area contributed by atoms with Crippen LogP contribution in [0.3, 0.4) is 0 Å². The topological polar surface area (TPSA) is 49.3 Å². The molecular formula is C15H20BrNO2. The van der Waals surface area contributed by atoms with E-state index in [9.17, 15) is 9.90 Å². The van der Waals surface area contributed by atoms with Crippen molar-refractivity contribution in [3.63, 3.8) is 0 Å². The Hall–Kier alpha value is -1.03. The molecule has 0 heterocycles. The van der Waals surface area contributed by atoms with E-state index in [-0.39, 0.29) is 11.3 Å². The van der Waals surface area contributed by atoms with E-state index in [1.165, 1.54) is 0 Å². The molecule has 0 aromatic heterocycles. The van der Waals surface area contributed by atoms with Crippen LogP contribution in [0.4, 0.5) is 5.69 Å². The SMILES string of the molecule is CC1CC(C)(C)CC1(Nc1cccc(Br)c1)C(=O)O. The highest BCUT2D eigenvalue weighted by Crippen LogP contribution is 2.49. The van der Waals surface area contributed by atoms with Gasteiger partial charge < -0.3 is 10.4 Å². The number of halogens is 1. The first-order valence-electron chi connectivity index (χ1n) is 6.52. The summed E-state index contributed by atoms with van der Waals surface area (Å²) >= 11 is 3.42. The summed E-state index contributed by atoms with van der Waals surface area (Å²) in [5, 5.41) is 13.0. The first-order valence-corrected chi connectivity index (χ1v) is 7.32. The van der Waals surface area contributed by atoms with Crippen molar-refractivity contribution in [1.29, 1.82) is 0 Å². The lowest BCUT2D eigenvalue weighted by Gasteiger charge is -2.32. The van der Waals surface area contributed by atoms with Gasteiger partial charge >= 0.3 is 5.97 Å². The number of hydrogen-bond donors (Lipinski definition) is 2. The number of benzene rings is 1.